The molecule has 1 saturated carbocycles. The van der Waals surface area contributed by atoms with Gasteiger partial charge in [-0.2, -0.15) is 0 Å². The summed E-state index contributed by atoms with van der Waals surface area (Å²) in [5.41, 5.74) is 1.89. The van der Waals surface area contributed by atoms with E-state index in [9.17, 15) is 19.5 Å². The quantitative estimate of drug-likeness (QED) is 0.503. The van der Waals surface area contributed by atoms with Crippen LogP contribution in [0.4, 0.5) is 4.79 Å². The maximum absolute atomic E-state index is 13.2. The molecule has 0 bridgehead atoms. The second-order valence-electron chi connectivity index (χ2n) is 10.9. The lowest BCUT2D eigenvalue weighted by Crippen LogP contribution is -2.64. The van der Waals surface area contributed by atoms with Crippen LogP contribution in [0, 0.1) is 5.41 Å². The lowest BCUT2D eigenvalue weighted by Gasteiger charge is -2.46. The maximum Gasteiger partial charge on any atom is 0.407 e. The van der Waals surface area contributed by atoms with E-state index in [1.807, 2.05) is 24.3 Å². The van der Waals surface area contributed by atoms with Crippen LogP contribution in [0.3, 0.4) is 0 Å². The van der Waals surface area contributed by atoms with Crippen LogP contribution in [0.1, 0.15) is 70.4 Å². The van der Waals surface area contributed by atoms with Crippen LogP contribution in [0.25, 0.3) is 11.1 Å². The van der Waals surface area contributed by atoms with Crippen molar-refractivity contribution in [3.63, 3.8) is 0 Å². The number of carboxylic acid groups (broad SMARTS) is 1. The highest BCUT2D eigenvalue weighted by Crippen LogP contribution is 2.44. The molecule has 2 aliphatic rings. The van der Waals surface area contributed by atoms with Crippen LogP contribution in [-0.4, -0.2) is 40.8 Å². The fraction of sp³-hybridized carbons (Fsp3) is 0.464. The Kier molecular flexibility index (Phi) is 6.38. The van der Waals surface area contributed by atoms with Gasteiger partial charge in [-0.25, -0.2) is 4.79 Å². The molecule has 35 heavy (non-hydrogen) atoms. The molecule has 2 aromatic rings. The average molecular weight is 479 g/mol. The number of carbonyl (C=O) groups is 3. The topological polar surface area (TPSA) is 105 Å². The van der Waals surface area contributed by atoms with Crippen LogP contribution in [0.15, 0.2) is 48.5 Å². The van der Waals surface area contributed by atoms with Gasteiger partial charge < -0.3 is 20.5 Å². The summed E-state index contributed by atoms with van der Waals surface area (Å²) >= 11 is 0. The van der Waals surface area contributed by atoms with Crippen molar-refractivity contribution >= 4 is 18.0 Å². The molecule has 0 aliphatic heterocycles. The number of carboxylic acids is 1. The van der Waals surface area contributed by atoms with E-state index < -0.39 is 28.6 Å². The smallest absolute Gasteiger partial charge is 0.407 e. The summed E-state index contributed by atoms with van der Waals surface area (Å²) in [6.45, 7) is 7.24. The molecule has 7 heteroatoms. The van der Waals surface area contributed by atoms with Gasteiger partial charge in [-0.3, -0.25) is 9.59 Å². The monoisotopic (exact) mass is 478 g/mol. The van der Waals surface area contributed by atoms with Crippen LogP contribution in [0.2, 0.25) is 0 Å². The first-order valence-electron chi connectivity index (χ1n) is 12.1. The molecule has 3 N–H and O–H groups in total. The van der Waals surface area contributed by atoms with Crippen molar-refractivity contribution in [3.8, 4) is 11.1 Å². The Hall–Kier alpha value is -3.35. The molecule has 0 saturated heterocycles. The number of amides is 2. The van der Waals surface area contributed by atoms with Crippen molar-refractivity contribution in [2.45, 2.75) is 70.4 Å². The molecular formula is C28H34N2O5. The number of nitrogens with one attached hydrogen (secondary N) is 2. The van der Waals surface area contributed by atoms with Gasteiger partial charge in [0.1, 0.15) is 6.61 Å². The molecule has 2 amide bonds. The van der Waals surface area contributed by atoms with Gasteiger partial charge in [0.2, 0.25) is 5.91 Å². The van der Waals surface area contributed by atoms with Crippen LogP contribution in [-0.2, 0) is 14.3 Å². The number of alkyl carbamates (subject to hydrolysis) is 1. The van der Waals surface area contributed by atoms with Gasteiger partial charge >= 0.3 is 12.1 Å². The number of aliphatic carboxylic acids is 1. The minimum atomic E-state index is -1.01. The number of benzene rings is 2. The third kappa shape index (κ3) is 4.64. The SMILES string of the molecule is CC(C)(NC(=O)OCC1c2ccccc2-c2ccccc21)C(C)(C)C(=O)NC1(CC(=O)O)CCC1. The molecule has 1 fully saturated rings. The van der Waals surface area contributed by atoms with E-state index in [0.29, 0.717) is 12.8 Å². The molecule has 0 atom stereocenters. The summed E-state index contributed by atoms with van der Waals surface area (Å²) in [7, 11) is 0. The summed E-state index contributed by atoms with van der Waals surface area (Å²) < 4.78 is 5.68. The van der Waals surface area contributed by atoms with E-state index in [2.05, 4.69) is 34.9 Å². The highest BCUT2D eigenvalue weighted by atomic mass is 16.5. The Bertz CT molecular complexity index is 1100. The third-order valence-corrected chi connectivity index (χ3v) is 8.07. The van der Waals surface area contributed by atoms with Crippen molar-refractivity contribution in [2.24, 2.45) is 5.41 Å². The third-order valence-electron chi connectivity index (χ3n) is 8.07. The van der Waals surface area contributed by atoms with Gasteiger partial charge in [-0.15, -0.1) is 0 Å². The predicted molar refractivity (Wildman–Crippen MR) is 133 cm³/mol. The van der Waals surface area contributed by atoms with Gasteiger partial charge in [-0.05, 0) is 69.2 Å². The largest absolute Gasteiger partial charge is 0.481 e. The Labute approximate surface area is 206 Å². The Morgan fingerprint density at radius 1 is 0.971 bits per heavy atom. The summed E-state index contributed by atoms with van der Waals surface area (Å²) in [5, 5.41) is 15.1. The molecule has 2 aromatic carbocycles. The predicted octanol–water partition coefficient (Wildman–Crippen LogP) is 4.84. The van der Waals surface area contributed by atoms with Crippen LogP contribution in [0.5, 0.6) is 0 Å². The number of carbonyl (C=O) groups excluding carboxylic acids is 2. The minimum Gasteiger partial charge on any atom is -0.481 e. The fourth-order valence-corrected chi connectivity index (χ4v) is 4.97. The zero-order chi connectivity index (χ0) is 25.4. The number of fused-ring (bicyclic) bond motifs is 3. The van der Waals surface area contributed by atoms with Gasteiger partial charge in [-0.1, -0.05) is 48.5 Å². The first-order valence-corrected chi connectivity index (χ1v) is 12.1. The molecular weight excluding hydrogens is 444 g/mol. The molecule has 4 rings (SSSR count). The van der Waals surface area contributed by atoms with Gasteiger partial charge in [0.25, 0.3) is 0 Å². The summed E-state index contributed by atoms with van der Waals surface area (Å²) in [5.74, 6) is -1.27. The van der Waals surface area contributed by atoms with E-state index in [1.54, 1.807) is 27.7 Å². The van der Waals surface area contributed by atoms with Gasteiger partial charge in [0.15, 0.2) is 0 Å². The lowest BCUT2D eigenvalue weighted by molar-refractivity contribution is -0.142. The molecule has 0 unspecified atom stereocenters. The average Bonchev–Trinajstić information content (AvgIpc) is 3.09. The normalized spacial score (nSPS) is 16.5. The van der Waals surface area contributed by atoms with Crippen molar-refractivity contribution in [3.05, 3.63) is 59.7 Å². The first kappa shape index (κ1) is 24.8. The number of rotatable bonds is 8. The first-order chi connectivity index (χ1) is 16.5. The van der Waals surface area contributed by atoms with Crippen LogP contribution >= 0.6 is 0 Å². The minimum absolute atomic E-state index is 0.0536. The van der Waals surface area contributed by atoms with Gasteiger partial charge in [0, 0.05) is 5.92 Å². The summed E-state index contributed by atoms with van der Waals surface area (Å²) in [6, 6.07) is 16.3. The Morgan fingerprint density at radius 2 is 1.51 bits per heavy atom. The standard InChI is InChI=1S/C28H34N2O5/c1-26(2,24(33)29-28(14-9-15-28)16-23(31)32)27(3,4)30-25(34)35-17-22-20-12-7-5-10-18(20)19-11-6-8-13-21(19)22/h5-8,10-13,22H,9,14-17H2,1-4H3,(H,29,33)(H,30,34)(H,31,32). The highest BCUT2D eigenvalue weighted by molar-refractivity contribution is 5.86. The zero-order valence-electron chi connectivity index (χ0n) is 20.8. The molecule has 7 nitrogen and oxygen atoms in total. The van der Waals surface area contributed by atoms with Crippen LogP contribution < -0.4 is 10.6 Å². The zero-order valence-corrected chi connectivity index (χ0v) is 20.8. The number of ether oxygens (including phenoxy) is 1. The molecule has 186 valence electrons. The van der Waals surface area contributed by atoms with E-state index in [4.69, 9.17) is 4.74 Å². The summed E-state index contributed by atoms with van der Waals surface area (Å²) in [4.78, 5) is 37.4. The lowest BCUT2D eigenvalue weighted by atomic mass is 9.70. The molecule has 0 spiro atoms. The molecule has 0 aromatic heterocycles. The maximum atomic E-state index is 13.2. The number of hydrogen-bond donors (Lipinski definition) is 3. The van der Waals surface area contributed by atoms with Crippen molar-refractivity contribution < 1.29 is 24.2 Å². The molecule has 0 heterocycles. The second-order valence-corrected chi connectivity index (χ2v) is 10.9. The van der Waals surface area contributed by atoms with Crippen molar-refractivity contribution in [1.29, 1.82) is 0 Å². The number of hydrogen-bond acceptors (Lipinski definition) is 4. The fourth-order valence-electron chi connectivity index (χ4n) is 4.97. The van der Waals surface area contributed by atoms with E-state index >= 15 is 0 Å². The van der Waals surface area contributed by atoms with E-state index in [1.165, 1.54) is 0 Å². The summed E-state index contributed by atoms with van der Waals surface area (Å²) in [6.07, 6.45) is 1.47. The van der Waals surface area contributed by atoms with E-state index in [-0.39, 0.29) is 24.9 Å². The van der Waals surface area contributed by atoms with E-state index in [0.717, 1.165) is 28.7 Å². The Morgan fingerprint density at radius 3 is 2.00 bits per heavy atom. The highest BCUT2D eigenvalue weighted by Gasteiger charge is 2.49. The molecule has 2 aliphatic carbocycles. The van der Waals surface area contributed by atoms with Gasteiger partial charge in [0.05, 0.1) is 22.9 Å². The Balaban J connectivity index is 1.41. The van der Waals surface area contributed by atoms with Crippen molar-refractivity contribution in [1.82, 2.24) is 10.6 Å². The van der Waals surface area contributed by atoms with Crippen molar-refractivity contribution in [2.75, 3.05) is 6.61 Å². The second kappa shape index (κ2) is 9.02. The molecule has 0 radical (unpaired) electrons.